The van der Waals surface area contributed by atoms with Gasteiger partial charge in [0.05, 0.1) is 0 Å². The molecule has 70 heavy (non-hydrogen) atoms. The Kier molecular flexibility index (Phi) is 22.7. The predicted molar refractivity (Wildman–Crippen MR) is 293 cm³/mol. The van der Waals surface area contributed by atoms with Crippen LogP contribution in [0.2, 0.25) is 0 Å². The van der Waals surface area contributed by atoms with Gasteiger partial charge < -0.3 is 24.8 Å². The van der Waals surface area contributed by atoms with Crippen molar-refractivity contribution in [3.05, 3.63) is 267 Å². The van der Waals surface area contributed by atoms with Crippen molar-refractivity contribution in [2.45, 2.75) is 27.7 Å². The molecule has 0 aliphatic carbocycles. The number of halogens is 2. The number of hydrogen-bond acceptors (Lipinski definition) is 0. The average Bonchev–Trinajstić information content (AvgIpc) is 4.20. The topological polar surface area (TPSA) is 0 Å². The predicted octanol–water partition coefficient (Wildman–Crippen LogP) is 12.4. The molecule has 0 aliphatic rings. The van der Waals surface area contributed by atoms with E-state index in [-0.39, 0.29) is 24.8 Å². The Bertz CT molecular complexity index is 2820. The second kappa shape index (κ2) is 28.8. The number of fused-ring (bicyclic) bond motifs is 4. The van der Waals surface area contributed by atoms with Gasteiger partial charge in [-0.15, -0.1) is 138 Å². The van der Waals surface area contributed by atoms with Gasteiger partial charge in [0, 0.05) is 0 Å². The summed E-state index contributed by atoms with van der Waals surface area (Å²) in [7, 11) is 0. The smallest absolute Gasteiger partial charge is 0.0635 e. The molecule has 0 heterocycles. The van der Waals surface area contributed by atoms with Crippen LogP contribution in [0.3, 0.4) is 0 Å². The van der Waals surface area contributed by atoms with Crippen LogP contribution in [-0.2, 0) is 48.5 Å². The first-order valence-electron chi connectivity index (χ1n) is 23.1. The largest absolute Gasteiger partial charge is 1.00 e. The van der Waals surface area contributed by atoms with Crippen molar-refractivity contribution < 1.29 is 73.3 Å². The fraction of sp³-hybridized carbons (Fsp3) is 0.0606. The van der Waals surface area contributed by atoms with E-state index in [0.717, 1.165) is 0 Å². The van der Waals surface area contributed by atoms with E-state index in [1.165, 1.54) is 94.0 Å². The summed E-state index contributed by atoms with van der Waals surface area (Å²) in [4.78, 5) is 0. The van der Waals surface area contributed by atoms with Crippen molar-refractivity contribution in [2.75, 3.05) is 0 Å². The van der Waals surface area contributed by atoms with Gasteiger partial charge in [-0.25, -0.2) is 0 Å². The molecule has 12 rings (SSSR count). The van der Waals surface area contributed by atoms with Crippen molar-refractivity contribution in [1.82, 2.24) is 0 Å². The van der Waals surface area contributed by atoms with Gasteiger partial charge in [0.15, 0.2) is 0 Å². The van der Waals surface area contributed by atoms with Crippen molar-refractivity contribution in [3.8, 4) is 44.5 Å². The van der Waals surface area contributed by atoms with Crippen LogP contribution in [0.15, 0.2) is 267 Å². The van der Waals surface area contributed by atoms with Crippen LogP contribution in [0.1, 0.15) is 27.7 Å². The van der Waals surface area contributed by atoms with Crippen molar-refractivity contribution in [3.63, 3.8) is 0 Å². The van der Waals surface area contributed by atoms with Crippen LogP contribution in [0.25, 0.3) is 87.6 Å². The summed E-state index contributed by atoms with van der Waals surface area (Å²) in [5.41, 5.74) is 10.4. The Morgan fingerprint density at radius 3 is 0.586 bits per heavy atom. The van der Waals surface area contributed by atoms with Gasteiger partial charge in [-0.05, 0) is 0 Å². The van der Waals surface area contributed by atoms with E-state index in [2.05, 4.69) is 270 Å². The van der Waals surface area contributed by atoms with Gasteiger partial charge >= 0.3 is 82.6 Å². The molecule has 0 nitrogen and oxygen atoms in total. The molecule has 0 saturated heterocycles. The van der Waals surface area contributed by atoms with Gasteiger partial charge in [0.1, 0.15) is 0 Å². The summed E-state index contributed by atoms with van der Waals surface area (Å²) in [6.07, 6.45) is 0. The van der Waals surface area contributed by atoms with Crippen LogP contribution >= 0.6 is 0 Å². The van der Waals surface area contributed by atoms with E-state index in [1.54, 1.807) is 48.5 Å². The van der Waals surface area contributed by atoms with E-state index in [0.29, 0.717) is 0 Å². The van der Waals surface area contributed by atoms with Crippen LogP contribution in [-0.4, -0.2) is 6.41 Å². The fourth-order valence-electron chi connectivity index (χ4n) is 7.79. The van der Waals surface area contributed by atoms with Crippen LogP contribution in [0, 0.1) is 0 Å². The number of rotatable bonds is 4. The summed E-state index contributed by atoms with van der Waals surface area (Å²) in [6.45, 7) is 8.49. The first-order chi connectivity index (χ1) is 33.2. The Labute approximate surface area is 457 Å². The van der Waals surface area contributed by atoms with Gasteiger partial charge in [0.2, 0.25) is 0 Å². The first kappa shape index (κ1) is 55.2. The molecule has 0 fully saturated rings. The van der Waals surface area contributed by atoms with Crippen molar-refractivity contribution >= 4 is 49.5 Å². The number of benzene rings is 8. The number of hydrogen-bond donors (Lipinski definition) is 0. The zero-order chi connectivity index (χ0) is 47.5. The standard InChI is InChI=1S/4C15H11.2C3H6.2ClH.2Zr/c4*1-2-6-12(7-3-1)15-10-13-8-4-5-9-14(13)11-15;2*1-3-2;;;;/h4*1-11H;2*1-2H3;2*1H;;/q4*-1;;;;;2*+2/p-2. The van der Waals surface area contributed by atoms with Crippen molar-refractivity contribution in [1.29, 1.82) is 0 Å². The Hall–Kier alpha value is -5.71. The molecular weight excluding hydrogens is 1050 g/mol. The zero-order valence-corrected chi connectivity index (χ0v) is 46.6. The molecule has 0 radical (unpaired) electrons. The Morgan fingerprint density at radius 2 is 0.414 bits per heavy atom. The summed E-state index contributed by atoms with van der Waals surface area (Å²) < 4.78 is 3.01. The van der Waals surface area contributed by atoms with Gasteiger partial charge in [-0.1, -0.05) is 216 Å². The third-order valence-electron chi connectivity index (χ3n) is 10.9. The molecule has 0 saturated carbocycles. The van der Waals surface area contributed by atoms with E-state index < -0.39 is 0 Å². The normalized spacial score (nSPS) is 9.94. The molecule has 0 aliphatic heterocycles. The Balaban J connectivity index is 0.000000164. The molecule has 0 N–H and O–H groups in total. The minimum atomic E-state index is 0. The summed E-state index contributed by atoms with van der Waals surface area (Å²) in [5.74, 6) is 0. The van der Waals surface area contributed by atoms with Crippen molar-refractivity contribution in [2.24, 2.45) is 0 Å². The molecule has 12 aromatic rings. The third kappa shape index (κ3) is 16.7. The molecule has 12 aromatic carbocycles. The van der Waals surface area contributed by atoms with Crippen LogP contribution < -0.4 is 24.8 Å². The van der Waals surface area contributed by atoms with E-state index in [1.807, 2.05) is 24.3 Å². The maximum Gasteiger partial charge on any atom is -0.0635 e. The zero-order valence-electron chi connectivity index (χ0n) is 40.2. The van der Waals surface area contributed by atoms with E-state index in [9.17, 15) is 0 Å². The van der Waals surface area contributed by atoms with Crippen LogP contribution in [0.4, 0.5) is 0 Å². The molecule has 0 atom stereocenters. The van der Waals surface area contributed by atoms with Crippen LogP contribution in [0.5, 0.6) is 0 Å². The molecule has 0 amide bonds. The molecule has 344 valence electrons. The summed E-state index contributed by atoms with van der Waals surface area (Å²) >= 11 is 3.11. The van der Waals surface area contributed by atoms with E-state index >= 15 is 0 Å². The van der Waals surface area contributed by atoms with E-state index in [4.69, 9.17) is 0 Å². The molecule has 0 bridgehead atoms. The molecular formula is C66H56Cl2Zr2-2. The second-order valence-corrected chi connectivity index (χ2v) is 21.9. The quantitative estimate of drug-likeness (QED) is 0.154. The van der Waals surface area contributed by atoms with Gasteiger partial charge in [-0.3, -0.25) is 0 Å². The van der Waals surface area contributed by atoms with Gasteiger partial charge in [-0.2, -0.15) is 0 Å². The molecule has 4 heteroatoms. The maximum absolute atomic E-state index is 2.24. The van der Waals surface area contributed by atoms with Gasteiger partial charge in [0.25, 0.3) is 0 Å². The second-order valence-electron chi connectivity index (χ2n) is 17.0. The SMILES string of the molecule is C[C](C)=[Zr+2].C[C](C)=[Zr+2].[Cl-].[Cl-].c1ccc(-c2cc3ccccc3[cH-]2)cc1.c1ccc(-c2cc3ccccc3[cH-]2)cc1.c1ccc(-c2cc3ccccc3[cH-]2)cc1.c1ccc(-c2cc3ccccc3[cH-]2)cc1. The fourth-order valence-corrected chi connectivity index (χ4v) is 7.79. The summed E-state index contributed by atoms with van der Waals surface area (Å²) in [6, 6.07) is 93.8. The minimum Gasteiger partial charge on any atom is -1.00 e. The third-order valence-corrected chi connectivity index (χ3v) is 10.9. The minimum absolute atomic E-state index is 0. The monoisotopic (exact) mass is 1100 g/mol. The average molecular weight is 1100 g/mol. The molecule has 0 aromatic heterocycles. The molecule has 0 unspecified atom stereocenters. The summed E-state index contributed by atoms with van der Waals surface area (Å²) in [5, 5.41) is 10.5. The molecule has 0 spiro atoms. The Morgan fingerprint density at radius 1 is 0.257 bits per heavy atom. The first-order valence-corrected chi connectivity index (χ1v) is 25.5. The maximum atomic E-state index is 2.24.